The van der Waals surface area contributed by atoms with Crippen molar-refractivity contribution in [2.24, 2.45) is 5.92 Å². The van der Waals surface area contributed by atoms with Crippen LogP contribution in [0.3, 0.4) is 0 Å². The van der Waals surface area contributed by atoms with Crippen LogP contribution in [-0.2, 0) is 4.79 Å². The van der Waals surface area contributed by atoms with E-state index in [9.17, 15) is 4.79 Å². The van der Waals surface area contributed by atoms with E-state index < -0.39 is 0 Å². The van der Waals surface area contributed by atoms with Gasteiger partial charge in [-0.3, -0.25) is 9.78 Å². The summed E-state index contributed by atoms with van der Waals surface area (Å²) in [6.07, 6.45) is 7.25. The lowest BCUT2D eigenvalue weighted by Gasteiger charge is -2.21. The number of halogens is 1. The monoisotopic (exact) mass is 266 g/mol. The molecule has 1 aliphatic carbocycles. The molecule has 1 heterocycles. The van der Waals surface area contributed by atoms with Gasteiger partial charge in [0, 0.05) is 5.92 Å². The predicted octanol–water partition coefficient (Wildman–Crippen LogP) is 3.87. The first-order valence-electron chi connectivity index (χ1n) is 6.52. The zero-order valence-electron chi connectivity index (χ0n) is 10.9. The number of aryl methyl sites for hydroxylation is 1. The van der Waals surface area contributed by atoms with E-state index in [-0.39, 0.29) is 11.8 Å². The van der Waals surface area contributed by atoms with Crippen LogP contribution >= 0.6 is 11.6 Å². The SMILES string of the molecule is Cc1ncc(NC(=O)C2CCCCC2)c(C)c1Cl. The van der Waals surface area contributed by atoms with Gasteiger partial charge >= 0.3 is 0 Å². The average molecular weight is 267 g/mol. The summed E-state index contributed by atoms with van der Waals surface area (Å²) in [7, 11) is 0. The van der Waals surface area contributed by atoms with Gasteiger partial charge in [-0.1, -0.05) is 30.9 Å². The van der Waals surface area contributed by atoms with Gasteiger partial charge in [0.2, 0.25) is 5.91 Å². The molecule has 1 saturated carbocycles. The Kier molecular flexibility index (Phi) is 4.23. The Morgan fingerprint density at radius 3 is 2.67 bits per heavy atom. The molecule has 0 aromatic carbocycles. The molecule has 2 rings (SSSR count). The van der Waals surface area contributed by atoms with Crippen LogP contribution in [0.4, 0.5) is 5.69 Å². The number of pyridine rings is 1. The molecule has 0 bridgehead atoms. The summed E-state index contributed by atoms with van der Waals surface area (Å²) >= 11 is 6.14. The molecule has 98 valence electrons. The molecular formula is C14H19ClN2O. The number of hydrogen-bond acceptors (Lipinski definition) is 2. The highest BCUT2D eigenvalue weighted by Crippen LogP contribution is 2.28. The molecular weight excluding hydrogens is 248 g/mol. The standard InChI is InChI=1S/C14H19ClN2O/c1-9-12(8-16-10(2)13(9)15)17-14(18)11-6-4-3-5-7-11/h8,11H,3-7H2,1-2H3,(H,17,18). The van der Waals surface area contributed by atoms with Crippen LogP contribution in [0.5, 0.6) is 0 Å². The van der Waals surface area contributed by atoms with E-state index in [1.807, 2.05) is 13.8 Å². The Balaban J connectivity index is 2.09. The number of nitrogens with one attached hydrogen (secondary N) is 1. The summed E-state index contributed by atoms with van der Waals surface area (Å²) in [5.41, 5.74) is 2.43. The highest BCUT2D eigenvalue weighted by atomic mass is 35.5. The van der Waals surface area contributed by atoms with Crippen molar-refractivity contribution in [1.29, 1.82) is 0 Å². The van der Waals surface area contributed by atoms with Gasteiger partial charge in [-0.05, 0) is 32.3 Å². The molecule has 4 heteroatoms. The minimum absolute atomic E-state index is 0.111. The van der Waals surface area contributed by atoms with Crippen molar-refractivity contribution in [3.8, 4) is 0 Å². The maximum Gasteiger partial charge on any atom is 0.227 e. The van der Waals surface area contributed by atoms with Gasteiger partial charge in [-0.25, -0.2) is 0 Å². The zero-order chi connectivity index (χ0) is 13.1. The fraction of sp³-hybridized carbons (Fsp3) is 0.571. The van der Waals surface area contributed by atoms with Crippen LogP contribution in [0.2, 0.25) is 5.02 Å². The molecule has 0 aliphatic heterocycles. The minimum atomic E-state index is 0.111. The lowest BCUT2D eigenvalue weighted by molar-refractivity contribution is -0.120. The number of aromatic nitrogens is 1. The van der Waals surface area contributed by atoms with Crippen molar-refractivity contribution in [3.63, 3.8) is 0 Å². The van der Waals surface area contributed by atoms with Crippen LogP contribution in [0.1, 0.15) is 43.4 Å². The number of carbonyl (C=O) groups is 1. The number of anilines is 1. The quantitative estimate of drug-likeness (QED) is 0.883. The third kappa shape index (κ3) is 2.83. The summed E-state index contributed by atoms with van der Waals surface area (Å²) in [6, 6.07) is 0. The van der Waals surface area contributed by atoms with Crippen molar-refractivity contribution < 1.29 is 4.79 Å². The van der Waals surface area contributed by atoms with Crippen molar-refractivity contribution in [2.75, 3.05) is 5.32 Å². The number of carbonyl (C=O) groups excluding carboxylic acids is 1. The van der Waals surface area contributed by atoms with Crippen LogP contribution < -0.4 is 5.32 Å². The van der Waals surface area contributed by atoms with Gasteiger partial charge < -0.3 is 5.32 Å². The molecule has 1 amide bonds. The fourth-order valence-electron chi connectivity index (χ4n) is 2.43. The number of nitrogens with zero attached hydrogens (tertiary/aromatic N) is 1. The van der Waals surface area contributed by atoms with E-state index in [1.165, 1.54) is 6.42 Å². The highest BCUT2D eigenvalue weighted by molar-refractivity contribution is 6.32. The zero-order valence-corrected chi connectivity index (χ0v) is 11.7. The lowest BCUT2D eigenvalue weighted by Crippen LogP contribution is -2.25. The van der Waals surface area contributed by atoms with Crippen molar-refractivity contribution in [1.82, 2.24) is 4.98 Å². The Labute approximate surface area is 113 Å². The van der Waals surface area contributed by atoms with Crippen LogP contribution in [0.15, 0.2) is 6.20 Å². The maximum atomic E-state index is 12.1. The summed E-state index contributed by atoms with van der Waals surface area (Å²) in [6.45, 7) is 3.77. The van der Waals surface area contributed by atoms with E-state index in [4.69, 9.17) is 11.6 Å². The first-order valence-corrected chi connectivity index (χ1v) is 6.90. The topological polar surface area (TPSA) is 42.0 Å². The molecule has 0 radical (unpaired) electrons. The van der Waals surface area contributed by atoms with Crippen LogP contribution in [-0.4, -0.2) is 10.9 Å². The second-order valence-electron chi connectivity index (χ2n) is 5.02. The third-order valence-electron chi connectivity index (χ3n) is 3.67. The third-order valence-corrected chi connectivity index (χ3v) is 4.23. The lowest BCUT2D eigenvalue weighted by atomic mass is 9.88. The summed E-state index contributed by atoms with van der Waals surface area (Å²) in [5.74, 6) is 0.262. The largest absolute Gasteiger partial charge is 0.324 e. The molecule has 0 unspecified atom stereocenters. The molecule has 1 N–H and O–H groups in total. The minimum Gasteiger partial charge on any atom is -0.324 e. The predicted molar refractivity (Wildman–Crippen MR) is 73.9 cm³/mol. The van der Waals surface area contributed by atoms with E-state index >= 15 is 0 Å². The van der Waals surface area contributed by atoms with Crippen molar-refractivity contribution in [3.05, 3.63) is 22.5 Å². The molecule has 18 heavy (non-hydrogen) atoms. The Bertz CT molecular complexity index is 453. The Morgan fingerprint density at radius 2 is 2.00 bits per heavy atom. The molecule has 0 atom stereocenters. The summed E-state index contributed by atoms with van der Waals surface area (Å²) in [5, 5.41) is 3.60. The van der Waals surface area contributed by atoms with E-state index in [0.29, 0.717) is 5.02 Å². The molecule has 1 fully saturated rings. The van der Waals surface area contributed by atoms with Crippen LogP contribution in [0, 0.1) is 19.8 Å². The number of hydrogen-bond donors (Lipinski definition) is 1. The van der Waals surface area contributed by atoms with Gasteiger partial charge in [0.25, 0.3) is 0 Å². The van der Waals surface area contributed by atoms with Crippen LogP contribution in [0.25, 0.3) is 0 Å². The van der Waals surface area contributed by atoms with Gasteiger partial charge in [0.15, 0.2) is 0 Å². The van der Waals surface area contributed by atoms with E-state index in [2.05, 4.69) is 10.3 Å². The normalized spacial score (nSPS) is 16.6. The first-order chi connectivity index (χ1) is 8.59. The van der Waals surface area contributed by atoms with Gasteiger partial charge in [0.05, 0.1) is 22.6 Å². The Hall–Kier alpha value is -1.09. The molecule has 0 saturated heterocycles. The van der Waals surface area contributed by atoms with Crippen molar-refractivity contribution in [2.45, 2.75) is 46.0 Å². The van der Waals surface area contributed by atoms with Gasteiger partial charge in [-0.2, -0.15) is 0 Å². The fourth-order valence-corrected chi connectivity index (χ4v) is 2.58. The number of rotatable bonds is 2. The van der Waals surface area contributed by atoms with Gasteiger partial charge in [-0.15, -0.1) is 0 Å². The summed E-state index contributed by atoms with van der Waals surface area (Å²) < 4.78 is 0. The molecule has 3 nitrogen and oxygen atoms in total. The average Bonchev–Trinajstić information content (AvgIpc) is 2.40. The second kappa shape index (κ2) is 5.70. The second-order valence-corrected chi connectivity index (χ2v) is 5.40. The summed E-state index contributed by atoms with van der Waals surface area (Å²) in [4.78, 5) is 16.3. The number of amides is 1. The highest BCUT2D eigenvalue weighted by Gasteiger charge is 2.21. The van der Waals surface area contributed by atoms with E-state index in [1.54, 1.807) is 6.20 Å². The Morgan fingerprint density at radius 1 is 1.33 bits per heavy atom. The van der Waals surface area contributed by atoms with E-state index in [0.717, 1.165) is 42.6 Å². The molecule has 1 aromatic rings. The molecule has 1 aromatic heterocycles. The first kappa shape index (κ1) is 13.3. The smallest absolute Gasteiger partial charge is 0.227 e. The van der Waals surface area contributed by atoms with Gasteiger partial charge in [0.1, 0.15) is 0 Å². The molecule has 0 spiro atoms. The maximum absolute atomic E-state index is 12.1. The van der Waals surface area contributed by atoms with Crippen molar-refractivity contribution >= 4 is 23.2 Å². The molecule has 1 aliphatic rings.